The maximum atomic E-state index is 11.7. The molecule has 0 aliphatic rings. The van der Waals surface area contributed by atoms with Gasteiger partial charge in [0.2, 0.25) is 0 Å². The molecule has 0 heterocycles. The molecule has 158 valence electrons. The van der Waals surface area contributed by atoms with Crippen LogP contribution < -0.4 is 4.74 Å². The predicted octanol–water partition coefficient (Wildman–Crippen LogP) is 6.19. The van der Waals surface area contributed by atoms with E-state index in [-0.39, 0.29) is 17.3 Å². The highest BCUT2D eigenvalue weighted by Crippen LogP contribution is 2.41. The van der Waals surface area contributed by atoms with Crippen molar-refractivity contribution in [2.24, 2.45) is 10.4 Å². The number of aliphatic imine (C=N–C) groups is 1. The Labute approximate surface area is 180 Å². The van der Waals surface area contributed by atoms with Crippen molar-refractivity contribution in [3.63, 3.8) is 0 Å². The zero-order valence-electron chi connectivity index (χ0n) is 18.5. The Bertz CT molecular complexity index is 901. The molecule has 0 bridgehead atoms. The summed E-state index contributed by atoms with van der Waals surface area (Å²) < 4.78 is 10.6. The molecule has 0 fully saturated rings. The maximum absolute atomic E-state index is 11.7. The number of carbonyl (C=O) groups is 1. The van der Waals surface area contributed by atoms with E-state index in [9.17, 15) is 4.79 Å². The monoisotopic (exact) mass is 405 g/mol. The van der Waals surface area contributed by atoms with E-state index in [4.69, 9.17) is 9.47 Å². The first kappa shape index (κ1) is 23.1. The number of hydrogen-bond acceptors (Lipinski definition) is 4. The highest BCUT2D eigenvalue weighted by atomic mass is 16.5. The van der Waals surface area contributed by atoms with Crippen LogP contribution in [0.3, 0.4) is 0 Å². The number of carbonyl (C=O) groups excluding carboxylic acids is 1. The molecule has 30 heavy (non-hydrogen) atoms. The Kier molecular flexibility index (Phi) is 8.16. The minimum absolute atomic E-state index is 0.00961. The minimum Gasteiger partial charge on any atom is -0.487 e. The van der Waals surface area contributed by atoms with Crippen LogP contribution in [0.25, 0.3) is 0 Å². The lowest BCUT2D eigenvalue weighted by atomic mass is 9.72. The Morgan fingerprint density at radius 3 is 2.10 bits per heavy atom. The van der Waals surface area contributed by atoms with Gasteiger partial charge in [-0.1, -0.05) is 57.7 Å². The summed E-state index contributed by atoms with van der Waals surface area (Å²) in [5.74, 6) is 0.618. The van der Waals surface area contributed by atoms with Gasteiger partial charge >= 0.3 is 5.97 Å². The van der Waals surface area contributed by atoms with Gasteiger partial charge in [0.25, 0.3) is 0 Å². The molecule has 0 saturated heterocycles. The van der Waals surface area contributed by atoms with Gasteiger partial charge in [0.05, 0.1) is 18.4 Å². The smallest absolute Gasteiger partial charge is 0.337 e. The molecule has 0 N–H and O–H groups in total. The molecule has 4 nitrogen and oxygen atoms in total. The van der Waals surface area contributed by atoms with E-state index in [1.807, 2.05) is 49.4 Å². The molecule has 2 rings (SSSR count). The molecule has 0 aromatic heterocycles. The van der Waals surface area contributed by atoms with E-state index in [2.05, 4.69) is 44.5 Å². The fraction of sp³-hybridized carbons (Fsp3) is 0.308. The zero-order chi connectivity index (χ0) is 22.1. The number of hydrogen-bond donors (Lipinski definition) is 0. The molecule has 2 aromatic rings. The van der Waals surface area contributed by atoms with Crippen LogP contribution in [-0.4, -0.2) is 25.4 Å². The third-order valence-corrected chi connectivity index (χ3v) is 4.76. The Morgan fingerprint density at radius 2 is 1.63 bits per heavy atom. The average Bonchev–Trinajstić information content (AvgIpc) is 2.74. The number of allylic oxidation sites excluding steroid dienone is 1. The summed E-state index contributed by atoms with van der Waals surface area (Å²) >= 11 is 0. The van der Waals surface area contributed by atoms with Gasteiger partial charge in [-0.3, -0.25) is 4.99 Å². The molecule has 4 heteroatoms. The largest absolute Gasteiger partial charge is 0.487 e. The van der Waals surface area contributed by atoms with Crippen molar-refractivity contribution in [2.75, 3.05) is 13.7 Å². The van der Waals surface area contributed by atoms with Gasteiger partial charge in [0.1, 0.15) is 12.4 Å². The molecule has 0 amide bonds. The second-order valence-corrected chi connectivity index (χ2v) is 8.08. The van der Waals surface area contributed by atoms with E-state index in [0.29, 0.717) is 12.2 Å². The van der Waals surface area contributed by atoms with Crippen LogP contribution in [0.15, 0.2) is 78.5 Å². The van der Waals surface area contributed by atoms with E-state index in [1.54, 1.807) is 12.3 Å². The predicted molar refractivity (Wildman–Crippen MR) is 123 cm³/mol. The summed E-state index contributed by atoms with van der Waals surface area (Å²) in [6.45, 7) is 12.7. The molecule has 0 saturated carbocycles. The Morgan fingerprint density at radius 1 is 1.07 bits per heavy atom. The number of ether oxygens (including phenoxy) is 2. The first-order valence-corrected chi connectivity index (χ1v) is 10.0. The van der Waals surface area contributed by atoms with Crippen LogP contribution in [-0.2, 0) is 4.74 Å². The fourth-order valence-corrected chi connectivity index (χ4v) is 3.35. The number of esters is 1. The van der Waals surface area contributed by atoms with Crippen molar-refractivity contribution in [1.29, 1.82) is 0 Å². The molecule has 1 unspecified atom stereocenters. The van der Waals surface area contributed by atoms with Crippen molar-refractivity contribution in [1.82, 2.24) is 0 Å². The van der Waals surface area contributed by atoms with E-state index < -0.39 is 0 Å². The van der Waals surface area contributed by atoms with Crippen molar-refractivity contribution in [3.05, 3.63) is 90.2 Å². The molecule has 1 atom stereocenters. The summed E-state index contributed by atoms with van der Waals surface area (Å²) in [6.07, 6.45) is 5.29. The maximum Gasteiger partial charge on any atom is 0.337 e. The summed E-state index contributed by atoms with van der Waals surface area (Å²) in [4.78, 5) is 16.0. The average molecular weight is 406 g/mol. The van der Waals surface area contributed by atoms with E-state index in [0.717, 1.165) is 17.0 Å². The van der Waals surface area contributed by atoms with Gasteiger partial charge in [-0.15, -0.1) is 0 Å². The lowest BCUT2D eigenvalue weighted by Crippen LogP contribution is -2.20. The molecular weight excluding hydrogens is 374 g/mol. The van der Waals surface area contributed by atoms with Gasteiger partial charge in [0, 0.05) is 12.1 Å². The first-order chi connectivity index (χ1) is 14.3. The molecule has 2 aromatic carbocycles. The third kappa shape index (κ3) is 6.18. The van der Waals surface area contributed by atoms with Gasteiger partial charge in [-0.2, -0.15) is 0 Å². The van der Waals surface area contributed by atoms with Gasteiger partial charge < -0.3 is 9.47 Å². The summed E-state index contributed by atoms with van der Waals surface area (Å²) in [5, 5.41) is 0. The van der Waals surface area contributed by atoms with Crippen LogP contribution in [0, 0.1) is 5.41 Å². The second-order valence-electron chi connectivity index (χ2n) is 8.08. The minimum atomic E-state index is -0.327. The van der Waals surface area contributed by atoms with Crippen molar-refractivity contribution in [3.8, 4) is 5.75 Å². The van der Waals surface area contributed by atoms with E-state index in [1.165, 1.54) is 12.7 Å². The molecule has 0 spiro atoms. The number of benzene rings is 2. The van der Waals surface area contributed by atoms with Crippen LogP contribution in [0.5, 0.6) is 5.75 Å². The SMILES string of the molecule is C=CC(COc1ccc(C(c2ccc(C(=O)OC)cc2)C(C)(C)C)cc1)=N/C=C\C. The third-order valence-electron chi connectivity index (χ3n) is 4.76. The first-order valence-electron chi connectivity index (χ1n) is 10.0. The quantitative estimate of drug-likeness (QED) is 0.388. The standard InChI is InChI=1S/C26H31NO3/c1-7-17-27-22(8-2)18-30-23-15-13-20(14-16-23)24(26(3,4)5)19-9-11-21(12-10-19)25(28)29-6/h7-17,24H,2,18H2,1,3-6H3/b17-7-,27-22?. The van der Waals surface area contributed by atoms with Crippen molar-refractivity contribution < 1.29 is 14.3 Å². The highest BCUT2D eigenvalue weighted by Gasteiger charge is 2.28. The van der Waals surface area contributed by atoms with Crippen LogP contribution in [0.2, 0.25) is 0 Å². The van der Waals surface area contributed by atoms with E-state index >= 15 is 0 Å². The molecule has 0 aliphatic carbocycles. The lowest BCUT2D eigenvalue weighted by molar-refractivity contribution is 0.0600. The fourth-order valence-electron chi connectivity index (χ4n) is 3.35. The lowest BCUT2D eigenvalue weighted by Gasteiger charge is -2.32. The molecular formula is C26H31NO3. The Hall–Kier alpha value is -3.14. The summed E-state index contributed by atoms with van der Waals surface area (Å²) in [7, 11) is 1.39. The molecule has 0 aliphatic heterocycles. The second kappa shape index (κ2) is 10.6. The number of nitrogens with zero attached hydrogens (tertiary/aromatic N) is 1. The van der Waals surface area contributed by atoms with Crippen LogP contribution >= 0.6 is 0 Å². The van der Waals surface area contributed by atoms with Crippen molar-refractivity contribution >= 4 is 11.7 Å². The molecule has 0 radical (unpaired) electrons. The van der Waals surface area contributed by atoms with Crippen molar-refractivity contribution in [2.45, 2.75) is 33.6 Å². The summed E-state index contributed by atoms with van der Waals surface area (Å²) in [6, 6.07) is 15.8. The van der Waals surface area contributed by atoms with Crippen LogP contribution in [0.1, 0.15) is 55.1 Å². The summed E-state index contributed by atoms with van der Waals surface area (Å²) in [5.41, 5.74) is 3.65. The highest BCUT2D eigenvalue weighted by molar-refractivity contribution is 5.96. The zero-order valence-corrected chi connectivity index (χ0v) is 18.5. The van der Waals surface area contributed by atoms with Gasteiger partial charge in [-0.05, 0) is 53.8 Å². The van der Waals surface area contributed by atoms with Gasteiger partial charge in [-0.25, -0.2) is 4.79 Å². The topological polar surface area (TPSA) is 47.9 Å². The Balaban J connectivity index is 2.23. The normalized spacial score (nSPS) is 13.2. The number of rotatable bonds is 8. The van der Waals surface area contributed by atoms with Crippen LogP contribution in [0.4, 0.5) is 0 Å². The number of methoxy groups -OCH3 is 1. The van der Waals surface area contributed by atoms with Gasteiger partial charge in [0.15, 0.2) is 0 Å².